The molecule has 3 rings (SSSR count). The molecule has 0 aliphatic rings. The van der Waals surface area contributed by atoms with E-state index in [1.54, 1.807) is 25.6 Å². The average molecular weight is 512 g/mol. The fourth-order valence-electron chi connectivity index (χ4n) is 2.69. The predicted molar refractivity (Wildman–Crippen MR) is 126 cm³/mol. The molecule has 8 heteroatoms. The average Bonchev–Trinajstić information content (AvgIpc) is 3.12. The number of nitrogens with two attached hydrogens (primary N) is 1. The Morgan fingerprint density at radius 3 is 2.68 bits per heavy atom. The van der Waals surface area contributed by atoms with Gasteiger partial charge in [-0.05, 0) is 36.2 Å². The molecule has 0 amide bonds. The number of guanidine groups is 1. The summed E-state index contributed by atoms with van der Waals surface area (Å²) in [5.74, 6) is 1.83. The predicted octanol–water partition coefficient (Wildman–Crippen LogP) is 3.97. The van der Waals surface area contributed by atoms with Crippen molar-refractivity contribution in [2.45, 2.75) is 19.4 Å². The lowest BCUT2D eigenvalue weighted by atomic mass is 10.2. The molecule has 3 N–H and O–H groups in total. The number of methoxy groups -OCH3 is 2. The van der Waals surface area contributed by atoms with Crippen LogP contribution in [0.3, 0.4) is 0 Å². The monoisotopic (exact) mass is 512 g/mol. The second-order valence-corrected chi connectivity index (χ2v) is 7.11. The zero-order valence-corrected chi connectivity index (χ0v) is 19.1. The molecule has 0 bridgehead atoms. The van der Waals surface area contributed by atoms with Crippen LogP contribution in [-0.2, 0) is 13.0 Å². The lowest BCUT2D eigenvalue weighted by Crippen LogP contribution is -2.32. The van der Waals surface area contributed by atoms with E-state index in [0.29, 0.717) is 24.0 Å². The van der Waals surface area contributed by atoms with E-state index in [-0.39, 0.29) is 24.0 Å². The second kappa shape index (κ2) is 11.1. The van der Waals surface area contributed by atoms with Crippen LogP contribution < -0.4 is 20.5 Å². The fraction of sp³-hybridized carbons (Fsp3) is 0.300. The van der Waals surface area contributed by atoms with Gasteiger partial charge in [0.2, 0.25) is 0 Å². The topological polar surface area (TPSA) is 81.8 Å². The number of thiazole rings is 1. The quantitative estimate of drug-likeness (QED) is 0.207. The summed E-state index contributed by atoms with van der Waals surface area (Å²) < 4.78 is 11.8. The summed E-state index contributed by atoms with van der Waals surface area (Å²) >= 11 is 1.75. The van der Waals surface area contributed by atoms with Crippen LogP contribution in [0.15, 0.2) is 47.5 Å². The van der Waals surface area contributed by atoms with Gasteiger partial charge in [0.15, 0.2) is 17.5 Å². The maximum absolute atomic E-state index is 5.96. The largest absolute Gasteiger partial charge is 0.493 e. The van der Waals surface area contributed by atoms with Gasteiger partial charge in [0, 0.05) is 13.0 Å². The lowest BCUT2D eigenvalue weighted by Gasteiger charge is -2.09. The van der Waals surface area contributed by atoms with E-state index in [0.717, 1.165) is 35.5 Å². The highest BCUT2D eigenvalue weighted by Crippen LogP contribution is 2.27. The molecular weight excluding hydrogens is 487 g/mol. The third-order valence-electron chi connectivity index (χ3n) is 4.09. The van der Waals surface area contributed by atoms with Crippen LogP contribution in [-0.4, -0.2) is 31.7 Å². The van der Waals surface area contributed by atoms with Gasteiger partial charge in [0.05, 0.1) is 36.0 Å². The van der Waals surface area contributed by atoms with Crippen molar-refractivity contribution in [3.05, 3.63) is 53.0 Å². The van der Waals surface area contributed by atoms with Gasteiger partial charge in [-0.1, -0.05) is 18.2 Å². The minimum Gasteiger partial charge on any atom is -0.493 e. The highest BCUT2D eigenvalue weighted by atomic mass is 127. The van der Waals surface area contributed by atoms with E-state index < -0.39 is 0 Å². The number of ether oxygens (including phenoxy) is 2. The van der Waals surface area contributed by atoms with Gasteiger partial charge in [0.25, 0.3) is 0 Å². The highest BCUT2D eigenvalue weighted by molar-refractivity contribution is 14.0. The molecule has 0 fully saturated rings. The van der Waals surface area contributed by atoms with Crippen LogP contribution in [0.4, 0.5) is 0 Å². The Morgan fingerprint density at radius 1 is 1.14 bits per heavy atom. The molecule has 28 heavy (non-hydrogen) atoms. The molecule has 3 aromatic rings. The summed E-state index contributed by atoms with van der Waals surface area (Å²) in [6.45, 7) is 1.24. The molecule has 0 spiro atoms. The Hall–Kier alpha value is -2.07. The number of rotatable bonds is 8. The van der Waals surface area contributed by atoms with Crippen LogP contribution >= 0.6 is 35.3 Å². The number of aliphatic imine (C=N–C) groups is 1. The third kappa shape index (κ3) is 5.96. The summed E-state index contributed by atoms with van der Waals surface area (Å²) in [6.07, 6.45) is 1.88. The first-order chi connectivity index (χ1) is 13.2. The highest BCUT2D eigenvalue weighted by Gasteiger charge is 2.05. The van der Waals surface area contributed by atoms with E-state index in [1.807, 2.05) is 36.4 Å². The first-order valence-corrected chi connectivity index (χ1v) is 9.60. The zero-order valence-electron chi connectivity index (χ0n) is 16.0. The van der Waals surface area contributed by atoms with E-state index in [2.05, 4.69) is 21.4 Å². The molecule has 1 heterocycles. The molecule has 0 saturated heterocycles. The number of halogens is 1. The molecule has 0 unspecified atom stereocenters. The molecule has 0 radical (unpaired) electrons. The summed E-state index contributed by atoms with van der Waals surface area (Å²) in [4.78, 5) is 9.02. The molecule has 6 nitrogen and oxygen atoms in total. The zero-order chi connectivity index (χ0) is 19.1. The summed E-state index contributed by atoms with van der Waals surface area (Å²) in [5, 5.41) is 4.31. The molecule has 0 aliphatic heterocycles. The van der Waals surface area contributed by atoms with E-state index in [4.69, 9.17) is 15.2 Å². The van der Waals surface area contributed by atoms with Crippen LogP contribution in [0.1, 0.15) is 17.0 Å². The molecule has 0 aliphatic carbocycles. The van der Waals surface area contributed by atoms with E-state index in [1.165, 1.54) is 4.70 Å². The van der Waals surface area contributed by atoms with Gasteiger partial charge in [0.1, 0.15) is 0 Å². The van der Waals surface area contributed by atoms with Crippen molar-refractivity contribution in [2.75, 3.05) is 20.8 Å². The second-order valence-electron chi connectivity index (χ2n) is 6.00. The van der Waals surface area contributed by atoms with Crippen LogP contribution in [0.2, 0.25) is 0 Å². The molecule has 2 aromatic carbocycles. The minimum absolute atomic E-state index is 0. The molecule has 1 aromatic heterocycles. The van der Waals surface area contributed by atoms with Gasteiger partial charge < -0.3 is 20.5 Å². The third-order valence-corrected chi connectivity index (χ3v) is 5.19. The maximum atomic E-state index is 5.96. The standard InChI is InChI=1S/C20H24N4O2S.HI/c1-25-16-10-9-14(12-17(16)26-2)13-23-20(21)22-11-5-8-19-24-15-6-3-4-7-18(15)27-19;/h3-4,6-7,9-10,12H,5,8,11,13H2,1-2H3,(H3,21,22,23);1H. The Kier molecular flexibility index (Phi) is 8.78. The molecule has 150 valence electrons. The SMILES string of the molecule is COc1ccc(CN=C(N)NCCCc2nc3ccccc3s2)cc1OC.I. The van der Waals surface area contributed by atoms with Crippen molar-refractivity contribution in [1.82, 2.24) is 10.3 Å². The number of para-hydroxylation sites is 1. The summed E-state index contributed by atoms with van der Waals surface area (Å²) in [5.41, 5.74) is 8.04. The van der Waals surface area contributed by atoms with Gasteiger partial charge in [-0.3, -0.25) is 0 Å². The molecular formula is C20H25IN4O2S. The first-order valence-electron chi connectivity index (χ1n) is 8.78. The Morgan fingerprint density at radius 2 is 1.93 bits per heavy atom. The van der Waals surface area contributed by atoms with E-state index >= 15 is 0 Å². The number of nitrogens with one attached hydrogen (secondary N) is 1. The fourth-order valence-corrected chi connectivity index (χ4v) is 3.70. The normalized spacial score (nSPS) is 11.1. The molecule has 0 atom stereocenters. The van der Waals surface area contributed by atoms with Gasteiger partial charge in [-0.2, -0.15) is 0 Å². The van der Waals surface area contributed by atoms with Gasteiger partial charge in [-0.15, -0.1) is 35.3 Å². The first kappa shape index (κ1) is 22.2. The van der Waals surface area contributed by atoms with Crippen LogP contribution in [0, 0.1) is 0 Å². The Bertz CT molecular complexity index is 896. The summed E-state index contributed by atoms with van der Waals surface area (Å²) in [7, 11) is 3.23. The smallest absolute Gasteiger partial charge is 0.188 e. The van der Waals surface area contributed by atoms with Gasteiger partial charge in [-0.25, -0.2) is 9.98 Å². The number of fused-ring (bicyclic) bond motifs is 1. The number of aromatic nitrogens is 1. The summed E-state index contributed by atoms with van der Waals surface area (Å²) in [6, 6.07) is 13.9. The number of benzene rings is 2. The number of hydrogen-bond donors (Lipinski definition) is 2. The number of hydrogen-bond acceptors (Lipinski definition) is 5. The minimum atomic E-state index is 0. The van der Waals surface area contributed by atoms with Crippen molar-refractivity contribution >= 4 is 51.5 Å². The van der Waals surface area contributed by atoms with Crippen molar-refractivity contribution in [3.63, 3.8) is 0 Å². The number of aryl methyl sites for hydroxylation is 1. The van der Waals surface area contributed by atoms with E-state index in [9.17, 15) is 0 Å². The Labute approximate surface area is 186 Å². The maximum Gasteiger partial charge on any atom is 0.188 e. The van der Waals surface area contributed by atoms with Crippen molar-refractivity contribution < 1.29 is 9.47 Å². The Balaban J connectivity index is 0.00000280. The van der Waals surface area contributed by atoms with Crippen LogP contribution in [0.25, 0.3) is 10.2 Å². The van der Waals surface area contributed by atoms with Crippen molar-refractivity contribution in [3.8, 4) is 11.5 Å². The van der Waals surface area contributed by atoms with Crippen molar-refractivity contribution in [2.24, 2.45) is 10.7 Å². The lowest BCUT2D eigenvalue weighted by molar-refractivity contribution is 0.354. The van der Waals surface area contributed by atoms with Crippen molar-refractivity contribution in [1.29, 1.82) is 0 Å². The molecule has 0 saturated carbocycles. The van der Waals surface area contributed by atoms with Gasteiger partial charge >= 0.3 is 0 Å². The van der Waals surface area contributed by atoms with Crippen LogP contribution in [0.5, 0.6) is 11.5 Å². The number of nitrogens with zero attached hydrogens (tertiary/aromatic N) is 2.